The van der Waals surface area contributed by atoms with Crippen LogP contribution >= 0.6 is 11.3 Å². The van der Waals surface area contributed by atoms with Crippen molar-refractivity contribution in [3.05, 3.63) is 35.2 Å². The Morgan fingerprint density at radius 1 is 1.45 bits per heavy atom. The van der Waals surface area contributed by atoms with Crippen LogP contribution in [0.5, 0.6) is 0 Å². The third-order valence-electron chi connectivity index (χ3n) is 3.15. The van der Waals surface area contributed by atoms with E-state index in [1.807, 2.05) is 36.6 Å². The number of hydrogen-bond donors (Lipinski definition) is 2. The van der Waals surface area contributed by atoms with Gasteiger partial charge in [0, 0.05) is 35.0 Å². The number of fused-ring (bicyclic) bond motifs is 1. The van der Waals surface area contributed by atoms with Gasteiger partial charge < -0.3 is 15.8 Å². The van der Waals surface area contributed by atoms with E-state index in [0.29, 0.717) is 25.1 Å². The zero-order chi connectivity index (χ0) is 14.5. The molecule has 0 bridgehead atoms. The van der Waals surface area contributed by atoms with Crippen molar-refractivity contribution in [1.29, 1.82) is 0 Å². The molecule has 1 aromatic carbocycles. The first-order valence-electron chi connectivity index (χ1n) is 6.39. The van der Waals surface area contributed by atoms with Gasteiger partial charge in [-0.2, -0.15) is 0 Å². The van der Waals surface area contributed by atoms with E-state index in [2.05, 4.69) is 5.16 Å². The van der Waals surface area contributed by atoms with Gasteiger partial charge in [0.1, 0.15) is 5.84 Å². The van der Waals surface area contributed by atoms with Crippen LogP contribution in [-0.2, 0) is 0 Å². The Hall–Kier alpha value is -2.08. The first kappa shape index (κ1) is 14.3. The van der Waals surface area contributed by atoms with Crippen LogP contribution in [0, 0.1) is 0 Å². The number of amides is 1. The summed E-state index contributed by atoms with van der Waals surface area (Å²) in [6.07, 6.45) is 0.359. The molecular weight excluding hydrogens is 274 g/mol. The second-order valence-corrected chi connectivity index (χ2v) is 5.28. The van der Waals surface area contributed by atoms with Gasteiger partial charge in [-0.25, -0.2) is 0 Å². The van der Waals surface area contributed by atoms with E-state index in [-0.39, 0.29) is 11.7 Å². The molecule has 1 aromatic heterocycles. The summed E-state index contributed by atoms with van der Waals surface area (Å²) in [4.78, 5) is 14.2. The molecule has 1 amide bonds. The van der Waals surface area contributed by atoms with Crippen LogP contribution in [0.4, 0.5) is 0 Å². The average molecular weight is 291 g/mol. The fourth-order valence-corrected chi connectivity index (χ4v) is 2.95. The van der Waals surface area contributed by atoms with E-state index >= 15 is 0 Å². The molecule has 5 nitrogen and oxygen atoms in total. The summed E-state index contributed by atoms with van der Waals surface area (Å²) >= 11 is 1.56. The Bertz CT molecular complexity index is 636. The highest BCUT2D eigenvalue weighted by Gasteiger charge is 2.18. The maximum absolute atomic E-state index is 12.5. The molecule has 0 spiro atoms. The quantitative estimate of drug-likeness (QED) is 0.384. The molecule has 0 unspecified atom stereocenters. The first-order valence-corrected chi connectivity index (χ1v) is 7.27. The summed E-state index contributed by atoms with van der Waals surface area (Å²) in [5.74, 6) is 0.113. The minimum absolute atomic E-state index is 0.0179. The van der Waals surface area contributed by atoms with Crippen molar-refractivity contribution in [1.82, 2.24) is 4.90 Å². The van der Waals surface area contributed by atoms with Crippen LogP contribution < -0.4 is 5.73 Å². The molecule has 2 aromatic rings. The summed E-state index contributed by atoms with van der Waals surface area (Å²) in [5.41, 5.74) is 6.16. The molecule has 0 radical (unpaired) electrons. The number of thiophene rings is 1. The summed E-state index contributed by atoms with van der Waals surface area (Å²) in [6.45, 7) is 2.94. The molecule has 0 aliphatic rings. The van der Waals surface area contributed by atoms with Crippen LogP contribution in [0.25, 0.3) is 10.1 Å². The first-order chi connectivity index (χ1) is 9.67. The van der Waals surface area contributed by atoms with Gasteiger partial charge in [0.15, 0.2) is 0 Å². The van der Waals surface area contributed by atoms with E-state index in [4.69, 9.17) is 10.9 Å². The molecule has 2 rings (SSSR count). The molecule has 0 saturated carbocycles. The third kappa shape index (κ3) is 2.91. The smallest absolute Gasteiger partial charge is 0.255 e. The molecule has 6 heteroatoms. The van der Waals surface area contributed by atoms with Gasteiger partial charge in [0.05, 0.1) is 5.56 Å². The number of oxime groups is 1. The molecule has 0 aliphatic heterocycles. The molecule has 0 atom stereocenters. The number of carbonyl (C=O) groups excluding carboxylic acids is 1. The van der Waals surface area contributed by atoms with Gasteiger partial charge in [-0.05, 0) is 13.0 Å². The second-order valence-electron chi connectivity index (χ2n) is 4.37. The van der Waals surface area contributed by atoms with Crippen molar-refractivity contribution in [3.8, 4) is 0 Å². The molecule has 20 heavy (non-hydrogen) atoms. The van der Waals surface area contributed by atoms with E-state index in [0.717, 1.165) is 10.1 Å². The summed E-state index contributed by atoms with van der Waals surface area (Å²) in [6, 6.07) is 7.85. The third-order valence-corrected chi connectivity index (χ3v) is 4.11. The fourth-order valence-electron chi connectivity index (χ4n) is 2.02. The maximum atomic E-state index is 12.5. The second kappa shape index (κ2) is 6.38. The van der Waals surface area contributed by atoms with Crippen LogP contribution in [0.3, 0.4) is 0 Å². The fraction of sp³-hybridized carbons (Fsp3) is 0.286. The van der Waals surface area contributed by atoms with E-state index in [9.17, 15) is 4.79 Å². The van der Waals surface area contributed by atoms with Gasteiger partial charge in [-0.15, -0.1) is 11.3 Å². The predicted molar refractivity (Wildman–Crippen MR) is 81.4 cm³/mol. The van der Waals surface area contributed by atoms with E-state index < -0.39 is 0 Å². The summed E-state index contributed by atoms with van der Waals surface area (Å²) in [7, 11) is 0. The molecule has 106 valence electrons. The molecule has 0 aliphatic carbocycles. The van der Waals surface area contributed by atoms with Crippen molar-refractivity contribution in [2.45, 2.75) is 13.3 Å². The highest BCUT2D eigenvalue weighted by Crippen LogP contribution is 2.26. The van der Waals surface area contributed by atoms with Crippen molar-refractivity contribution in [3.63, 3.8) is 0 Å². The Morgan fingerprint density at radius 2 is 2.20 bits per heavy atom. The number of benzene rings is 1. The number of nitrogens with zero attached hydrogens (tertiary/aromatic N) is 2. The average Bonchev–Trinajstić information content (AvgIpc) is 2.91. The van der Waals surface area contributed by atoms with E-state index in [1.165, 1.54) is 0 Å². The number of nitrogens with two attached hydrogens (primary N) is 1. The lowest BCUT2D eigenvalue weighted by Crippen LogP contribution is -2.33. The number of hydrogen-bond acceptors (Lipinski definition) is 4. The lowest BCUT2D eigenvalue weighted by Gasteiger charge is -2.20. The lowest BCUT2D eigenvalue weighted by molar-refractivity contribution is 0.0771. The van der Waals surface area contributed by atoms with Gasteiger partial charge in [0.2, 0.25) is 0 Å². The van der Waals surface area contributed by atoms with Gasteiger partial charge in [0.25, 0.3) is 5.91 Å². The molecular formula is C14H17N3O2S. The van der Waals surface area contributed by atoms with Crippen molar-refractivity contribution in [2.24, 2.45) is 10.9 Å². The predicted octanol–water partition coefficient (Wildman–Crippen LogP) is 2.50. The maximum Gasteiger partial charge on any atom is 0.255 e. The Kier molecular flexibility index (Phi) is 4.57. The minimum Gasteiger partial charge on any atom is -0.409 e. The van der Waals surface area contributed by atoms with Crippen LogP contribution in [0.1, 0.15) is 23.7 Å². The Morgan fingerprint density at radius 3 is 2.90 bits per heavy atom. The molecule has 3 N–H and O–H groups in total. The molecule has 0 saturated heterocycles. The van der Waals surface area contributed by atoms with Gasteiger partial charge in [-0.3, -0.25) is 4.79 Å². The highest BCUT2D eigenvalue weighted by atomic mass is 32.1. The number of amidine groups is 1. The van der Waals surface area contributed by atoms with Crippen LogP contribution in [0.2, 0.25) is 0 Å². The Balaban J connectivity index is 2.20. The standard InChI is InChI=1S/C14H17N3O2S/c1-2-17(8-7-13(15)16-19)14(18)11-9-20-12-6-4-3-5-10(11)12/h3-6,9,19H,2,7-8H2,1H3,(H2,15,16). The highest BCUT2D eigenvalue weighted by molar-refractivity contribution is 7.17. The van der Waals surface area contributed by atoms with Crippen molar-refractivity contribution >= 4 is 33.2 Å². The molecule has 0 fully saturated rings. The zero-order valence-corrected chi connectivity index (χ0v) is 12.1. The number of rotatable bonds is 5. The van der Waals surface area contributed by atoms with Crippen LogP contribution in [0.15, 0.2) is 34.8 Å². The lowest BCUT2D eigenvalue weighted by atomic mass is 10.1. The Labute approximate surface area is 121 Å². The largest absolute Gasteiger partial charge is 0.409 e. The van der Waals surface area contributed by atoms with Gasteiger partial charge in [-0.1, -0.05) is 23.4 Å². The summed E-state index contributed by atoms with van der Waals surface area (Å²) < 4.78 is 1.10. The van der Waals surface area contributed by atoms with E-state index in [1.54, 1.807) is 16.2 Å². The summed E-state index contributed by atoms with van der Waals surface area (Å²) in [5, 5.41) is 14.3. The topological polar surface area (TPSA) is 78.9 Å². The van der Waals surface area contributed by atoms with Crippen LogP contribution in [-0.4, -0.2) is 34.9 Å². The van der Waals surface area contributed by atoms with Crippen molar-refractivity contribution < 1.29 is 10.0 Å². The van der Waals surface area contributed by atoms with Crippen molar-refractivity contribution in [2.75, 3.05) is 13.1 Å². The zero-order valence-electron chi connectivity index (χ0n) is 11.2. The SMILES string of the molecule is CCN(CCC(N)=NO)C(=O)c1csc2ccccc12. The van der Waals surface area contributed by atoms with Gasteiger partial charge >= 0.3 is 0 Å². The number of carbonyl (C=O) groups is 1. The minimum atomic E-state index is -0.0179. The normalized spacial score (nSPS) is 11.8. The molecule has 1 heterocycles. The monoisotopic (exact) mass is 291 g/mol.